The van der Waals surface area contributed by atoms with Crippen LogP contribution in [0.1, 0.15) is 6.92 Å². The van der Waals surface area contributed by atoms with E-state index in [1.54, 1.807) is 0 Å². The molecule has 1 amide bonds. The molecule has 5 nitrogen and oxygen atoms in total. The van der Waals surface area contributed by atoms with Crippen LogP contribution in [0.5, 0.6) is 0 Å². The number of rotatable bonds is 2. The van der Waals surface area contributed by atoms with E-state index in [0.29, 0.717) is 5.41 Å². The molecule has 0 aliphatic carbocycles. The summed E-state index contributed by atoms with van der Waals surface area (Å²) in [5, 5.41) is 2.69. The first-order valence-corrected chi connectivity index (χ1v) is 4.27. The van der Waals surface area contributed by atoms with E-state index in [1.807, 2.05) is 0 Å². The molecule has 0 fully saturated rings. The van der Waals surface area contributed by atoms with Crippen LogP contribution in [-0.2, 0) is 14.9 Å². The third-order valence-corrected chi connectivity index (χ3v) is 0.918. The summed E-state index contributed by atoms with van der Waals surface area (Å²) in [5.74, 6) is -0.0787. The van der Waals surface area contributed by atoms with E-state index in [2.05, 4.69) is 18.5 Å². The third kappa shape index (κ3) is 34.4. The topological polar surface area (TPSA) is 86.3 Å². The van der Waals surface area contributed by atoms with Gasteiger partial charge >= 0.3 is 18.9 Å². The summed E-state index contributed by atoms with van der Waals surface area (Å²) in [4.78, 5) is 9.86. The molecule has 0 saturated heterocycles. The molecule has 0 rings (SSSR count). The van der Waals surface area contributed by atoms with Crippen molar-refractivity contribution in [2.75, 3.05) is 0 Å². The summed E-state index contributed by atoms with van der Waals surface area (Å²) in [6, 6.07) is 0. The van der Waals surface area contributed by atoms with Crippen LogP contribution >= 0.6 is 0 Å². The number of carbonyl (C=O) groups excluding carboxylic acids is 1. The molecule has 0 heterocycles. The van der Waals surface area contributed by atoms with Gasteiger partial charge < -0.3 is 9.87 Å². The second-order valence-electron chi connectivity index (χ2n) is 1.56. The smallest absolute Gasteiger partial charge is 0.745 e. The molecule has 0 atom stereocenters. The zero-order chi connectivity index (χ0) is 10.2. The maximum absolute atomic E-state index is 9.86. The van der Waals surface area contributed by atoms with E-state index in [9.17, 15) is 17.8 Å². The van der Waals surface area contributed by atoms with E-state index < -0.39 is 10.1 Å². The number of nitrogens with one attached hydrogen (secondary N) is 1. The van der Waals surface area contributed by atoms with Crippen molar-refractivity contribution < 1.29 is 36.6 Å². The quantitative estimate of drug-likeness (QED) is 0.378. The van der Waals surface area contributed by atoms with E-state index in [1.165, 1.54) is 13.1 Å². The van der Waals surface area contributed by atoms with Crippen LogP contribution in [0.25, 0.3) is 0 Å². The Kier molecular flexibility index (Phi) is 13.4. The van der Waals surface area contributed by atoms with Crippen molar-refractivity contribution >= 4 is 16.0 Å². The average Bonchev–Trinajstić information content (AvgIpc) is 1.87. The number of hydrogen-bond donors (Lipinski definition) is 1. The summed E-state index contributed by atoms with van der Waals surface area (Å²) < 4.78 is 28.0. The first-order chi connectivity index (χ1) is 5.33. The molecule has 7 heteroatoms. The third-order valence-electron chi connectivity index (χ3n) is 0.509. The van der Waals surface area contributed by atoms with Crippen molar-refractivity contribution in [2.45, 2.75) is 6.92 Å². The molecule has 1 N–H and O–H groups in total. The van der Waals surface area contributed by atoms with Gasteiger partial charge in [0, 0.05) is 12.3 Å². The van der Waals surface area contributed by atoms with Crippen LogP contribution in [0.4, 0.5) is 0 Å². The van der Waals surface area contributed by atoms with E-state index in [0.717, 1.165) is 0 Å². The van der Waals surface area contributed by atoms with E-state index in [-0.39, 0.29) is 24.8 Å². The summed E-state index contributed by atoms with van der Waals surface area (Å²) in [6.07, 6.45) is 1.35. The minimum atomic E-state index is -4.15. The van der Waals surface area contributed by atoms with Crippen molar-refractivity contribution in [3.8, 4) is 0 Å². The van der Waals surface area contributed by atoms with E-state index in [4.69, 9.17) is 0 Å². The predicted octanol–water partition coefficient (Wildman–Crippen LogP) is -3.05. The Labute approximate surface area is 89.8 Å². The van der Waals surface area contributed by atoms with Gasteiger partial charge in [-0.25, -0.2) is 8.42 Å². The van der Waals surface area contributed by atoms with Crippen LogP contribution in [-0.4, -0.2) is 18.9 Å². The van der Waals surface area contributed by atoms with Gasteiger partial charge in [0.05, 0.1) is 0 Å². The molecule has 0 aromatic carbocycles. The minimum Gasteiger partial charge on any atom is -0.745 e. The fourth-order valence-corrected chi connectivity index (χ4v) is 0.144. The molecular formula is C6H10LiNO4S. The van der Waals surface area contributed by atoms with Gasteiger partial charge in [0.25, 0.3) is 0 Å². The first kappa shape index (κ1) is 18.3. The zero-order valence-corrected chi connectivity index (χ0v) is 8.43. The Hall–Kier alpha value is -0.543. The van der Waals surface area contributed by atoms with Crippen LogP contribution < -0.4 is 24.2 Å². The maximum atomic E-state index is 9.86. The molecule has 0 aromatic heterocycles. The Balaban J connectivity index is -0.000000143. The normalized spacial score (nSPS) is 8.15. The zero-order valence-electron chi connectivity index (χ0n) is 7.61. The van der Waals surface area contributed by atoms with Gasteiger partial charge in [0.2, 0.25) is 5.91 Å². The van der Waals surface area contributed by atoms with E-state index >= 15 is 0 Å². The summed E-state index contributed by atoms with van der Waals surface area (Å²) in [7, 11) is -4.15. The molecule has 0 aliphatic heterocycles. The molecule has 70 valence electrons. The molecular weight excluding hydrogens is 189 g/mol. The molecule has 0 bridgehead atoms. The molecule has 0 unspecified atom stereocenters. The minimum absolute atomic E-state index is 0. The fraction of sp³-hybridized carbons (Fsp3) is 0.167. The summed E-state index contributed by atoms with van der Waals surface area (Å²) in [6.45, 7) is 7.43. The van der Waals surface area contributed by atoms with Crippen LogP contribution in [0.15, 0.2) is 24.8 Å². The predicted molar refractivity (Wildman–Crippen MR) is 43.9 cm³/mol. The Morgan fingerprint density at radius 1 is 1.46 bits per heavy atom. The molecule has 0 radical (unpaired) electrons. The van der Waals surface area contributed by atoms with Gasteiger partial charge in [-0.2, -0.15) is 0 Å². The fourth-order valence-electron chi connectivity index (χ4n) is 0.144. The van der Waals surface area contributed by atoms with Crippen molar-refractivity contribution in [2.24, 2.45) is 0 Å². The number of amides is 1. The Bertz CT molecular complexity index is 248. The molecule has 0 spiro atoms. The van der Waals surface area contributed by atoms with Crippen LogP contribution in [0.2, 0.25) is 0 Å². The van der Waals surface area contributed by atoms with Crippen molar-refractivity contribution in [1.82, 2.24) is 5.32 Å². The van der Waals surface area contributed by atoms with Crippen molar-refractivity contribution in [3.05, 3.63) is 24.8 Å². The van der Waals surface area contributed by atoms with Gasteiger partial charge in [-0.15, -0.1) is 0 Å². The second-order valence-corrected chi connectivity index (χ2v) is 2.88. The molecule has 0 saturated carbocycles. The SMILES string of the molecule is C=CNC(C)=O.C=CS(=O)(=O)[O-].[Li+]. The molecule has 0 aliphatic rings. The van der Waals surface area contributed by atoms with Crippen LogP contribution in [0.3, 0.4) is 0 Å². The largest absolute Gasteiger partial charge is 1.00 e. The van der Waals surface area contributed by atoms with Crippen molar-refractivity contribution in [1.29, 1.82) is 0 Å². The molecule has 0 aromatic rings. The average molecular weight is 199 g/mol. The standard InChI is InChI=1S/C4H7NO.C2H4O3S.Li/c1-3-5-4(2)6;1-2-6(3,4)5;/h3H,1H2,2H3,(H,5,6);2H,1H2,(H,3,4,5);/q;;+1/p-1. The number of carbonyl (C=O) groups is 1. The van der Waals surface area contributed by atoms with Gasteiger partial charge in [-0.3, -0.25) is 4.79 Å². The Morgan fingerprint density at radius 2 is 1.77 bits per heavy atom. The second kappa shape index (κ2) is 9.54. The summed E-state index contributed by atoms with van der Waals surface area (Å²) in [5.41, 5.74) is 0. The number of hydrogen-bond acceptors (Lipinski definition) is 4. The van der Waals surface area contributed by atoms with Gasteiger partial charge in [0.15, 0.2) is 0 Å². The Morgan fingerprint density at radius 3 is 1.77 bits per heavy atom. The monoisotopic (exact) mass is 199 g/mol. The summed E-state index contributed by atoms with van der Waals surface area (Å²) >= 11 is 0. The maximum Gasteiger partial charge on any atom is 1.00 e. The molecule has 13 heavy (non-hydrogen) atoms. The van der Waals surface area contributed by atoms with Crippen LogP contribution in [0, 0.1) is 0 Å². The van der Waals surface area contributed by atoms with Gasteiger partial charge in [0.1, 0.15) is 10.1 Å². The van der Waals surface area contributed by atoms with Gasteiger partial charge in [-0.05, 0) is 6.20 Å². The van der Waals surface area contributed by atoms with Crippen molar-refractivity contribution in [3.63, 3.8) is 0 Å². The van der Waals surface area contributed by atoms with Gasteiger partial charge in [-0.1, -0.05) is 13.2 Å². The first-order valence-electron chi connectivity index (χ1n) is 2.79.